The van der Waals surface area contributed by atoms with Gasteiger partial charge in [0, 0.05) is 19.4 Å². The summed E-state index contributed by atoms with van der Waals surface area (Å²) < 4.78 is 8.53. The van der Waals surface area contributed by atoms with E-state index in [9.17, 15) is 4.79 Å². The molecule has 3 heterocycles. The number of pyridine rings is 1. The van der Waals surface area contributed by atoms with Gasteiger partial charge in [0.05, 0.1) is 31.1 Å². The molecule has 0 radical (unpaired) electrons. The molecule has 4 aromatic rings. The third kappa shape index (κ3) is 3.95. The second kappa shape index (κ2) is 7.96. The fourth-order valence-corrected chi connectivity index (χ4v) is 3.39. The van der Waals surface area contributed by atoms with Crippen molar-refractivity contribution in [3.8, 4) is 5.75 Å². The zero-order chi connectivity index (χ0) is 20.4. The van der Waals surface area contributed by atoms with Crippen molar-refractivity contribution < 1.29 is 4.74 Å². The van der Waals surface area contributed by atoms with Gasteiger partial charge < -0.3 is 14.6 Å². The third-order valence-electron chi connectivity index (χ3n) is 4.47. The van der Waals surface area contributed by atoms with Crippen LogP contribution in [0.1, 0.15) is 5.56 Å². The number of hydrogen-bond acceptors (Lipinski definition) is 7. The second-order valence-electron chi connectivity index (χ2n) is 6.44. The van der Waals surface area contributed by atoms with E-state index in [-0.39, 0.29) is 5.56 Å². The SMILES string of the molecule is COc1ccc(Cn2ccc3nc(SC)nc(Nc4cnn(C)c4)c3c2=O)cc1. The largest absolute Gasteiger partial charge is 0.497 e. The maximum Gasteiger partial charge on any atom is 0.264 e. The maximum absolute atomic E-state index is 13.3. The molecule has 0 bridgehead atoms. The van der Waals surface area contributed by atoms with Crippen LogP contribution in [0.25, 0.3) is 10.9 Å². The lowest BCUT2D eigenvalue weighted by Gasteiger charge is -2.11. The van der Waals surface area contributed by atoms with Crippen molar-refractivity contribution in [2.45, 2.75) is 11.7 Å². The van der Waals surface area contributed by atoms with Gasteiger partial charge >= 0.3 is 0 Å². The molecule has 0 amide bonds. The van der Waals surface area contributed by atoms with Gasteiger partial charge in [-0.15, -0.1) is 0 Å². The molecule has 0 aliphatic rings. The number of anilines is 2. The molecule has 0 saturated carbocycles. The zero-order valence-electron chi connectivity index (χ0n) is 16.3. The Morgan fingerprint density at radius 1 is 1.17 bits per heavy atom. The fraction of sp³-hybridized carbons (Fsp3) is 0.200. The lowest BCUT2D eigenvalue weighted by Crippen LogP contribution is -2.21. The van der Waals surface area contributed by atoms with Crippen LogP contribution < -0.4 is 15.6 Å². The molecule has 3 aromatic heterocycles. The van der Waals surface area contributed by atoms with Crippen LogP contribution in [0.3, 0.4) is 0 Å². The van der Waals surface area contributed by atoms with E-state index in [4.69, 9.17) is 4.74 Å². The van der Waals surface area contributed by atoms with E-state index in [1.807, 2.05) is 49.8 Å². The van der Waals surface area contributed by atoms with Crippen LogP contribution in [-0.2, 0) is 13.6 Å². The molecule has 0 aliphatic heterocycles. The number of methoxy groups -OCH3 is 1. The van der Waals surface area contributed by atoms with Crippen molar-refractivity contribution in [3.05, 3.63) is 64.8 Å². The molecule has 0 unspecified atom stereocenters. The van der Waals surface area contributed by atoms with Gasteiger partial charge in [-0.05, 0) is 30.0 Å². The van der Waals surface area contributed by atoms with Gasteiger partial charge in [-0.25, -0.2) is 9.97 Å². The molecule has 1 N–H and O–H groups in total. The molecule has 8 nitrogen and oxygen atoms in total. The lowest BCUT2D eigenvalue weighted by atomic mass is 10.2. The van der Waals surface area contributed by atoms with Gasteiger partial charge in [-0.2, -0.15) is 5.10 Å². The Bertz CT molecular complexity index is 1220. The number of nitrogens with zero attached hydrogens (tertiary/aromatic N) is 5. The maximum atomic E-state index is 13.3. The highest BCUT2D eigenvalue weighted by Gasteiger charge is 2.14. The predicted octanol–water partition coefficient (Wildman–Crippen LogP) is 3.05. The van der Waals surface area contributed by atoms with Gasteiger partial charge in [0.1, 0.15) is 17.0 Å². The van der Waals surface area contributed by atoms with E-state index in [1.54, 1.807) is 28.8 Å². The van der Waals surface area contributed by atoms with Crippen molar-refractivity contribution in [1.82, 2.24) is 24.3 Å². The number of fused-ring (bicyclic) bond motifs is 1. The van der Waals surface area contributed by atoms with Crippen LogP contribution in [0.15, 0.2) is 58.9 Å². The summed E-state index contributed by atoms with van der Waals surface area (Å²) in [6.45, 7) is 0.440. The standard InChI is InChI=1S/C20H20N6O2S/c1-25-12-14(10-21-25)22-18-17-16(23-20(24-18)29-3)8-9-26(19(17)27)11-13-4-6-15(28-2)7-5-13/h4-10,12H,11H2,1-3H3,(H,22,23,24). The van der Waals surface area contributed by atoms with Crippen LogP contribution in [0, 0.1) is 0 Å². The number of aromatic nitrogens is 5. The topological polar surface area (TPSA) is 86.9 Å². The van der Waals surface area contributed by atoms with Gasteiger partial charge in [0.15, 0.2) is 5.16 Å². The Labute approximate surface area is 171 Å². The summed E-state index contributed by atoms with van der Waals surface area (Å²) in [5.74, 6) is 1.25. The van der Waals surface area contributed by atoms with E-state index >= 15 is 0 Å². The molecule has 0 saturated heterocycles. The van der Waals surface area contributed by atoms with Crippen molar-refractivity contribution in [1.29, 1.82) is 0 Å². The van der Waals surface area contributed by atoms with Gasteiger partial charge in [0.2, 0.25) is 0 Å². The smallest absolute Gasteiger partial charge is 0.264 e. The van der Waals surface area contributed by atoms with Crippen molar-refractivity contribution in [3.63, 3.8) is 0 Å². The quantitative estimate of drug-likeness (QED) is 0.388. The zero-order valence-corrected chi connectivity index (χ0v) is 17.1. The molecule has 0 fully saturated rings. The number of aryl methyl sites for hydroxylation is 1. The minimum absolute atomic E-state index is 0.155. The van der Waals surface area contributed by atoms with Crippen LogP contribution in [0.2, 0.25) is 0 Å². The first-order valence-electron chi connectivity index (χ1n) is 8.91. The molecule has 0 aliphatic carbocycles. The summed E-state index contributed by atoms with van der Waals surface area (Å²) in [5, 5.41) is 8.41. The highest BCUT2D eigenvalue weighted by Crippen LogP contribution is 2.24. The van der Waals surface area contributed by atoms with Crippen LogP contribution in [0.4, 0.5) is 11.5 Å². The lowest BCUT2D eigenvalue weighted by molar-refractivity contribution is 0.414. The first-order chi connectivity index (χ1) is 14.1. The summed E-state index contributed by atoms with van der Waals surface area (Å²) in [5.41, 5.74) is 2.20. The molecular formula is C20H20N6O2S. The molecule has 148 valence electrons. The van der Waals surface area contributed by atoms with Crippen molar-refractivity contribution in [2.75, 3.05) is 18.7 Å². The van der Waals surface area contributed by atoms with E-state index in [2.05, 4.69) is 20.4 Å². The van der Waals surface area contributed by atoms with Crippen LogP contribution >= 0.6 is 11.8 Å². The third-order valence-corrected chi connectivity index (χ3v) is 5.01. The first kappa shape index (κ1) is 19.0. The molecule has 29 heavy (non-hydrogen) atoms. The van der Waals surface area contributed by atoms with Gasteiger partial charge in [-0.1, -0.05) is 23.9 Å². The Hall–Kier alpha value is -3.33. The minimum atomic E-state index is -0.155. The van der Waals surface area contributed by atoms with Crippen LogP contribution in [-0.4, -0.2) is 37.7 Å². The van der Waals surface area contributed by atoms with E-state index in [0.717, 1.165) is 17.0 Å². The number of hydrogen-bond donors (Lipinski definition) is 1. The average molecular weight is 408 g/mol. The van der Waals surface area contributed by atoms with E-state index < -0.39 is 0 Å². The summed E-state index contributed by atoms with van der Waals surface area (Å²) >= 11 is 1.43. The number of ether oxygens (including phenoxy) is 1. The van der Waals surface area contributed by atoms with Crippen molar-refractivity contribution in [2.24, 2.45) is 7.05 Å². The predicted molar refractivity (Wildman–Crippen MR) is 114 cm³/mol. The Morgan fingerprint density at radius 3 is 2.62 bits per heavy atom. The molecule has 9 heteroatoms. The normalized spacial score (nSPS) is 11.0. The summed E-state index contributed by atoms with van der Waals surface area (Å²) in [7, 11) is 3.46. The minimum Gasteiger partial charge on any atom is -0.497 e. The number of nitrogens with one attached hydrogen (secondary N) is 1. The summed E-state index contributed by atoms with van der Waals surface area (Å²) in [4.78, 5) is 22.3. The highest BCUT2D eigenvalue weighted by atomic mass is 32.2. The Morgan fingerprint density at radius 2 is 1.97 bits per heavy atom. The highest BCUT2D eigenvalue weighted by molar-refractivity contribution is 7.98. The summed E-state index contributed by atoms with van der Waals surface area (Å²) in [6, 6.07) is 9.49. The summed E-state index contributed by atoms with van der Waals surface area (Å²) in [6.07, 6.45) is 7.18. The number of benzene rings is 1. The first-order valence-corrected chi connectivity index (χ1v) is 10.1. The average Bonchev–Trinajstić information content (AvgIpc) is 3.14. The number of rotatable bonds is 6. The van der Waals surface area contributed by atoms with E-state index in [0.29, 0.717) is 28.4 Å². The van der Waals surface area contributed by atoms with Crippen LogP contribution in [0.5, 0.6) is 5.75 Å². The van der Waals surface area contributed by atoms with E-state index in [1.165, 1.54) is 11.8 Å². The fourth-order valence-electron chi connectivity index (χ4n) is 3.02. The molecule has 4 rings (SSSR count). The molecule has 0 spiro atoms. The number of thioether (sulfide) groups is 1. The Balaban J connectivity index is 1.78. The second-order valence-corrected chi connectivity index (χ2v) is 7.22. The monoisotopic (exact) mass is 408 g/mol. The van der Waals surface area contributed by atoms with Gasteiger partial charge in [0.25, 0.3) is 5.56 Å². The molecular weight excluding hydrogens is 388 g/mol. The Kier molecular flexibility index (Phi) is 5.22. The molecule has 1 aromatic carbocycles. The van der Waals surface area contributed by atoms with Crippen molar-refractivity contribution >= 4 is 34.2 Å². The van der Waals surface area contributed by atoms with Gasteiger partial charge in [-0.3, -0.25) is 9.48 Å². The molecule has 0 atom stereocenters.